The largest absolute Gasteiger partial charge is 0.416 e. The van der Waals surface area contributed by atoms with Gasteiger partial charge in [-0.05, 0) is 62.5 Å². The van der Waals surface area contributed by atoms with Gasteiger partial charge in [-0.2, -0.15) is 13.2 Å². The molecule has 3 nitrogen and oxygen atoms in total. The SMILES string of the molecule is Cc1cccc(C(=O)N2C[C@@H](CN3CCCCC3)[C@H](c3cccc(C(F)(F)F)c3)C2)c1. The standard InChI is InChI=1S/C25H29F3N2O/c1-18-7-5-9-20(13-18)24(31)30-16-21(15-29-11-3-2-4-12-29)23(17-30)19-8-6-10-22(14-19)25(26,27)28/h5-10,13-14,21,23H,2-4,11-12,15-17H2,1H3/t21-,23+/m1/s1. The van der Waals surface area contributed by atoms with Crippen LogP contribution >= 0.6 is 0 Å². The minimum Gasteiger partial charge on any atom is -0.338 e. The molecule has 0 bridgehead atoms. The number of carbonyl (C=O) groups is 1. The second-order valence-electron chi connectivity index (χ2n) is 8.93. The molecule has 0 spiro atoms. The smallest absolute Gasteiger partial charge is 0.338 e. The number of hydrogen-bond acceptors (Lipinski definition) is 2. The number of halogens is 3. The summed E-state index contributed by atoms with van der Waals surface area (Å²) in [6.45, 7) is 5.84. The number of piperidine rings is 1. The van der Waals surface area contributed by atoms with E-state index in [1.165, 1.54) is 18.6 Å². The van der Waals surface area contributed by atoms with Gasteiger partial charge in [0, 0.05) is 31.1 Å². The van der Waals surface area contributed by atoms with Crippen LogP contribution in [0.15, 0.2) is 48.5 Å². The molecule has 4 rings (SSSR count). The lowest BCUT2D eigenvalue weighted by Gasteiger charge is -2.31. The first-order valence-corrected chi connectivity index (χ1v) is 11.1. The number of rotatable bonds is 4. The average Bonchev–Trinajstić information content (AvgIpc) is 3.17. The third-order valence-corrected chi connectivity index (χ3v) is 6.58. The summed E-state index contributed by atoms with van der Waals surface area (Å²) in [5, 5.41) is 0. The van der Waals surface area contributed by atoms with Crippen LogP contribution in [0, 0.1) is 12.8 Å². The average molecular weight is 431 g/mol. The summed E-state index contributed by atoms with van der Waals surface area (Å²) in [5.74, 6) is -0.0184. The first kappa shape index (κ1) is 21.9. The second-order valence-corrected chi connectivity index (χ2v) is 8.93. The monoisotopic (exact) mass is 430 g/mol. The Morgan fingerprint density at radius 3 is 2.45 bits per heavy atom. The molecular formula is C25H29F3N2O. The molecule has 2 aromatic carbocycles. The van der Waals surface area contributed by atoms with E-state index in [1.807, 2.05) is 36.1 Å². The summed E-state index contributed by atoms with van der Waals surface area (Å²) in [6.07, 6.45) is -0.815. The van der Waals surface area contributed by atoms with Crippen LogP contribution in [-0.2, 0) is 6.18 Å². The number of likely N-dealkylation sites (tertiary alicyclic amines) is 2. The van der Waals surface area contributed by atoms with E-state index in [0.29, 0.717) is 24.2 Å². The van der Waals surface area contributed by atoms with Gasteiger partial charge in [0.15, 0.2) is 0 Å². The van der Waals surface area contributed by atoms with Crippen LogP contribution in [0.3, 0.4) is 0 Å². The van der Waals surface area contributed by atoms with Gasteiger partial charge in [0.1, 0.15) is 0 Å². The molecule has 2 fully saturated rings. The quantitative estimate of drug-likeness (QED) is 0.652. The number of carbonyl (C=O) groups excluding carboxylic acids is 1. The van der Waals surface area contributed by atoms with Crippen molar-refractivity contribution in [2.75, 3.05) is 32.7 Å². The fourth-order valence-electron chi connectivity index (χ4n) is 4.98. The Morgan fingerprint density at radius 2 is 1.74 bits per heavy atom. The van der Waals surface area contributed by atoms with Crippen molar-refractivity contribution in [2.45, 2.75) is 38.3 Å². The minimum absolute atomic E-state index is 0.0400. The van der Waals surface area contributed by atoms with Crippen molar-refractivity contribution in [1.29, 1.82) is 0 Å². The van der Waals surface area contributed by atoms with Crippen LogP contribution in [0.4, 0.5) is 13.2 Å². The topological polar surface area (TPSA) is 23.6 Å². The number of hydrogen-bond donors (Lipinski definition) is 0. The molecule has 0 saturated carbocycles. The van der Waals surface area contributed by atoms with E-state index in [1.54, 1.807) is 6.07 Å². The predicted molar refractivity (Wildman–Crippen MR) is 115 cm³/mol. The number of benzene rings is 2. The van der Waals surface area contributed by atoms with E-state index in [2.05, 4.69) is 4.90 Å². The molecule has 166 valence electrons. The Balaban J connectivity index is 1.59. The van der Waals surface area contributed by atoms with Crippen molar-refractivity contribution in [3.63, 3.8) is 0 Å². The predicted octanol–water partition coefficient (Wildman–Crippen LogP) is 5.36. The molecule has 2 aliphatic rings. The van der Waals surface area contributed by atoms with Crippen LogP contribution in [0.5, 0.6) is 0 Å². The van der Waals surface area contributed by atoms with Crippen molar-refractivity contribution in [3.05, 3.63) is 70.8 Å². The third-order valence-electron chi connectivity index (χ3n) is 6.58. The van der Waals surface area contributed by atoms with Crippen molar-refractivity contribution in [3.8, 4) is 0 Å². The van der Waals surface area contributed by atoms with Crippen LogP contribution in [0.1, 0.15) is 52.2 Å². The van der Waals surface area contributed by atoms with E-state index < -0.39 is 11.7 Å². The number of aryl methyl sites for hydroxylation is 1. The Morgan fingerprint density at radius 1 is 1.00 bits per heavy atom. The van der Waals surface area contributed by atoms with Crippen molar-refractivity contribution in [1.82, 2.24) is 9.80 Å². The summed E-state index contributed by atoms with van der Waals surface area (Å²) >= 11 is 0. The van der Waals surface area contributed by atoms with Crippen LogP contribution in [-0.4, -0.2) is 48.4 Å². The highest BCUT2D eigenvalue weighted by Crippen LogP contribution is 2.37. The third kappa shape index (κ3) is 5.12. The summed E-state index contributed by atoms with van der Waals surface area (Å²) in [7, 11) is 0. The molecule has 31 heavy (non-hydrogen) atoms. The fourth-order valence-corrected chi connectivity index (χ4v) is 4.98. The molecule has 2 atom stereocenters. The summed E-state index contributed by atoms with van der Waals surface area (Å²) in [4.78, 5) is 17.4. The highest BCUT2D eigenvalue weighted by molar-refractivity contribution is 5.94. The van der Waals surface area contributed by atoms with Crippen LogP contribution in [0.2, 0.25) is 0 Å². The van der Waals surface area contributed by atoms with Crippen LogP contribution < -0.4 is 0 Å². The van der Waals surface area contributed by atoms with Crippen LogP contribution in [0.25, 0.3) is 0 Å². The molecule has 6 heteroatoms. The van der Waals surface area contributed by atoms with E-state index in [4.69, 9.17) is 0 Å². The summed E-state index contributed by atoms with van der Waals surface area (Å²) in [5.41, 5.74) is 1.72. The zero-order chi connectivity index (χ0) is 22.0. The molecule has 0 radical (unpaired) electrons. The van der Waals surface area contributed by atoms with Crippen molar-refractivity contribution >= 4 is 5.91 Å². The molecule has 2 aliphatic heterocycles. The summed E-state index contributed by atoms with van der Waals surface area (Å²) < 4.78 is 39.9. The van der Waals surface area contributed by atoms with E-state index in [-0.39, 0.29) is 17.7 Å². The Bertz CT molecular complexity index is 921. The molecule has 0 aromatic heterocycles. The van der Waals surface area contributed by atoms with Gasteiger partial charge in [-0.25, -0.2) is 0 Å². The van der Waals surface area contributed by atoms with Crippen molar-refractivity contribution < 1.29 is 18.0 Å². The number of alkyl halides is 3. The lowest BCUT2D eigenvalue weighted by Crippen LogP contribution is -2.36. The van der Waals surface area contributed by atoms with E-state index in [0.717, 1.165) is 44.1 Å². The van der Waals surface area contributed by atoms with Gasteiger partial charge < -0.3 is 9.80 Å². The molecule has 0 aliphatic carbocycles. The maximum atomic E-state index is 13.3. The zero-order valence-electron chi connectivity index (χ0n) is 17.9. The van der Waals surface area contributed by atoms with Gasteiger partial charge in [-0.3, -0.25) is 4.79 Å². The number of amides is 1. The fraction of sp³-hybridized carbons (Fsp3) is 0.480. The van der Waals surface area contributed by atoms with Gasteiger partial charge in [-0.1, -0.05) is 42.3 Å². The molecule has 0 unspecified atom stereocenters. The minimum atomic E-state index is -4.37. The van der Waals surface area contributed by atoms with Gasteiger partial charge in [0.2, 0.25) is 0 Å². The van der Waals surface area contributed by atoms with Gasteiger partial charge in [-0.15, -0.1) is 0 Å². The van der Waals surface area contributed by atoms with Crippen molar-refractivity contribution in [2.24, 2.45) is 5.92 Å². The second kappa shape index (κ2) is 9.03. The normalized spacial score (nSPS) is 22.6. The van der Waals surface area contributed by atoms with Gasteiger partial charge in [0.05, 0.1) is 5.56 Å². The molecule has 2 saturated heterocycles. The first-order valence-electron chi connectivity index (χ1n) is 11.1. The Kier molecular flexibility index (Phi) is 6.37. The van der Waals surface area contributed by atoms with Gasteiger partial charge in [0.25, 0.3) is 5.91 Å². The highest BCUT2D eigenvalue weighted by Gasteiger charge is 2.39. The molecular weight excluding hydrogens is 401 g/mol. The maximum absolute atomic E-state index is 13.3. The molecule has 2 heterocycles. The first-order chi connectivity index (χ1) is 14.8. The lowest BCUT2D eigenvalue weighted by atomic mass is 9.87. The van der Waals surface area contributed by atoms with Gasteiger partial charge >= 0.3 is 6.18 Å². The maximum Gasteiger partial charge on any atom is 0.416 e. The molecule has 0 N–H and O–H groups in total. The Labute approximate surface area is 181 Å². The lowest BCUT2D eigenvalue weighted by molar-refractivity contribution is -0.137. The van der Waals surface area contributed by atoms with E-state index in [9.17, 15) is 18.0 Å². The molecule has 2 aromatic rings. The Hall–Kier alpha value is -2.34. The van der Waals surface area contributed by atoms with E-state index >= 15 is 0 Å². The summed E-state index contributed by atoms with van der Waals surface area (Å²) in [6, 6.07) is 13.2. The zero-order valence-corrected chi connectivity index (χ0v) is 17.9. The molecule has 1 amide bonds. The highest BCUT2D eigenvalue weighted by atomic mass is 19.4. The number of nitrogens with zero attached hydrogens (tertiary/aromatic N) is 2.